The van der Waals surface area contributed by atoms with Crippen molar-refractivity contribution in [2.45, 2.75) is 37.8 Å². The fourth-order valence-electron chi connectivity index (χ4n) is 2.27. The van der Waals surface area contributed by atoms with Crippen molar-refractivity contribution in [3.63, 3.8) is 0 Å². The lowest BCUT2D eigenvalue weighted by molar-refractivity contribution is 0.112. The molecule has 1 aromatic carbocycles. The van der Waals surface area contributed by atoms with Crippen LogP contribution in [-0.2, 0) is 6.42 Å². The third-order valence-corrected chi connectivity index (χ3v) is 3.14. The van der Waals surface area contributed by atoms with Crippen LogP contribution < -0.4 is 0 Å². The maximum Gasteiger partial charge on any atom is 0.150 e. The fraction of sp³-hybridized carbons (Fsp3) is 0.462. The lowest BCUT2D eigenvalue weighted by atomic mass is 9.94. The molecule has 1 aliphatic rings. The highest BCUT2D eigenvalue weighted by molar-refractivity contribution is 5.74. The zero-order valence-electron chi connectivity index (χ0n) is 8.71. The Balaban J connectivity index is 2.07. The summed E-state index contributed by atoms with van der Waals surface area (Å²) in [7, 11) is 0. The Kier molecular flexibility index (Phi) is 2.85. The van der Waals surface area contributed by atoms with Gasteiger partial charge in [-0.15, -0.1) is 0 Å². The summed E-state index contributed by atoms with van der Waals surface area (Å²) < 4.78 is 14.1. The van der Waals surface area contributed by atoms with E-state index in [1.54, 1.807) is 12.1 Å². The van der Waals surface area contributed by atoms with E-state index in [1.165, 1.54) is 0 Å². The van der Waals surface area contributed by atoms with Gasteiger partial charge in [0.1, 0.15) is 12.0 Å². The molecular weight excluding hydrogens is 191 g/mol. The molecule has 1 fully saturated rings. The minimum atomic E-state index is -0.997. The van der Waals surface area contributed by atoms with Gasteiger partial charge in [0.15, 0.2) is 0 Å². The summed E-state index contributed by atoms with van der Waals surface area (Å²) in [6.45, 7) is 0. The Morgan fingerprint density at radius 1 is 1.20 bits per heavy atom. The third-order valence-electron chi connectivity index (χ3n) is 3.14. The second kappa shape index (κ2) is 4.13. The van der Waals surface area contributed by atoms with Gasteiger partial charge in [-0.05, 0) is 18.4 Å². The molecule has 0 atom stereocenters. The van der Waals surface area contributed by atoms with Gasteiger partial charge >= 0.3 is 0 Å². The normalized spacial score (nSPS) is 19.0. The average molecular weight is 206 g/mol. The van der Waals surface area contributed by atoms with Crippen LogP contribution in [0.1, 0.15) is 41.6 Å². The van der Waals surface area contributed by atoms with Crippen LogP contribution in [-0.4, -0.2) is 12.0 Å². The van der Waals surface area contributed by atoms with Crippen molar-refractivity contribution in [1.29, 1.82) is 0 Å². The predicted octanol–water partition coefficient (Wildman–Crippen LogP) is 3.32. The summed E-state index contributed by atoms with van der Waals surface area (Å²) in [5.41, 5.74) is 0.644. The number of alkyl halides is 1. The Hall–Kier alpha value is -1.18. The first kappa shape index (κ1) is 10.3. The molecule has 1 nitrogen and oxygen atoms in total. The number of aldehydes is 1. The summed E-state index contributed by atoms with van der Waals surface area (Å²) in [6, 6.07) is 7.20. The molecule has 1 saturated carbocycles. The summed E-state index contributed by atoms with van der Waals surface area (Å²) in [5, 5.41) is 0. The van der Waals surface area contributed by atoms with Crippen LogP contribution in [0.25, 0.3) is 0 Å². The van der Waals surface area contributed by atoms with E-state index in [1.807, 2.05) is 12.1 Å². The van der Waals surface area contributed by atoms with Gasteiger partial charge in [-0.25, -0.2) is 4.39 Å². The first-order chi connectivity index (χ1) is 7.22. The molecule has 0 spiro atoms. The van der Waals surface area contributed by atoms with Gasteiger partial charge < -0.3 is 0 Å². The summed E-state index contributed by atoms with van der Waals surface area (Å²) in [6.07, 6.45) is 4.67. The Morgan fingerprint density at radius 3 is 2.33 bits per heavy atom. The first-order valence-corrected chi connectivity index (χ1v) is 5.45. The molecular formula is C13H15FO. The fourth-order valence-corrected chi connectivity index (χ4v) is 2.27. The Bertz CT molecular complexity index is 336. The number of carbonyl (C=O) groups excluding carboxylic acids is 1. The second-order valence-electron chi connectivity index (χ2n) is 4.39. The standard InChI is InChI=1S/C13H15FO/c14-13(7-1-2-8-13)9-11-3-5-12(10-15)6-4-11/h3-6,10H,1-2,7-9H2. The minimum absolute atomic E-state index is 0.492. The number of hydrogen-bond acceptors (Lipinski definition) is 1. The quantitative estimate of drug-likeness (QED) is 0.693. The number of hydrogen-bond donors (Lipinski definition) is 0. The maximum absolute atomic E-state index is 14.1. The van der Waals surface area contributed by atoms with Crippen LogP contribution in [0.15, 0.2) is 24.3 Å². The van der Waals surface area contributed by atoms with Crippen molar-refractivity contribution in [3.05, 3.63) is 35.4 Å². The van der Waals surface area contributed by atoms with Crippen molar-refractivity contribution < 1.29 is 9.18 Å². The highest BCUT2D eigenvalue weighted by atomic mass is 19.1. The molecule has 0 heterocycles. The lowest BCUT2D eigenvalue weighted by Crippen LogP contribution is -2.20. The van der Waals surface area contributed by atoms with E-state index >= 15 is 0 Å². The second-order valence-corrected chi connectivity index (χ2v) is 4.39. The number of halogens is 1. The van der Waals surface area contributed by atoms with Crippen molar-refractivity contribution >= 4 is 6.29 Å². The van der Waals surface area contributed by atoms with E-state index in [4.69, 9.17) is 0 Å². The molecule has 80 valence electrons. The molecule has 2 heteroatoms. The molecule has 0 bridgehead atoms. The van der Waals surface area contributed by atoms with E-state index in [2.05, 4.69) is 0 Å². The van der Waals surface area contributed by atoms with Crippen molar-refractivity contribution in [2.75, 3.05) is 0 Å². The number of benzene rings is 1. The van der Waals surface area contributed by atoms with E-state index in [-0.39, 0.29) is 0 Å². The minimum Gasteiger partial charge on any atom is -0.298 e. The average Bonchev–Trinajstić information content (AvgIpc) is 2.66. The van der Waals surface area contributed by atoms with Gasteiger partial charge in [0.05, 0.1) is 0 Å². The van der Waals surface area contributed by atoms with Crippen LogP contribution in [0.2, 0.25) is 0 Å². The molecule has 15 heavy (non-hydrogen) atoms. The largest absolute Gasteiger partial charge is 0.298 e. The van der Waals surface area contributed by atoms with Gasteiger partial charge in [-0.2, -0.15) is 0 Å². The van der Waals surface area contributed by atoms with E-state index in [0.29, 0.717) is 24.8 Å². The summed E-state index contributed by atoms with van der Waals surface area (Å²) in [5.74, 6) is 0. The third kappa shape index (κ3) is 2.44. The molecule has 0 N–H and O–H groups in total. The van der Waals surface area contributed by atoms with E-state index < -0.39 is 5.67 Å². The molecule has 0 radical (unpaired) electrons. The van der Waals surface area contributed by atoms with E-state index in [0.717, 1.165) is 24.7 Å². The highest BCUT2D eigenvalue weighted by Crippen LogP contribution is 2.36. The number of rotatable bonds is 3. The molecule has 0 unspecified atom stereocenters. The SMILES string of the molecule is O=Cc1ccc(CC2(F)CCCC2)cc1. The molecule has 0 saturated heterocycles. The zero-order valence-corrected chi connectivity index (χ0v) is 8.71. The van der Waals surface area contributed by atoms with Gasteiger partial charge in [-0.3, -0.25) is 4.79 Å². The molecule has 2 rings (SSSR count). The van der Waals surface area contributed by atoms with Crippen LogP contribution in [0.4, 0.5) is 4.39 Å². The zero-order chi connectivity index (χ0) is 10.7. The highest BCUT2D eigenvalue weighted by Gasteiger charge is 2.33. The van der Waals surface area contributed by atoms with Crippen molar-refractivity contribution in [1.82, 2.24) is 0 Å². The van der Waals surface area contributed by atoms with Crippen LogP contribution in [0, 0.1) is 0 Å². The van der Waals surface area contributed by atoms with Crippen LogP contribution >= 0.6 is 0 Å². The van der Waals surface area contributed by atoms with Crippen molar-refractivity contribution in [2.24, 2.45) is 0 Å². The predicted molar refractivity (Wildman–Crippen MR) is 57.8 cm³/mol. The molecule has 0 aliphatic heterocycles. The van der Waals surface area contributed by atoms with E-state index in [9.17, 15) is 9.18 Å². The van der Waals surface area contributed by atoms with Gasteiger partial charge in [0, 0.05) is 12.0 Å². The number of carbonyl (C=O) groups is 1. The van der Waals surface area contributed by atoms with Gasteiger partial charge in [0.2, 0.25) is 0 Å². The summed E-state index contributed by atoms with van der Waals surface area (Å²) in [4.78, 5) is 10.5. The molecule has 0 aromatic heterocycles. The maximum atomic E-state index is 14.1. The Morgan fingerprint density at radius 2 is 1.80 bits per heavy atom. The molecule has 1 aromatic rings. The van der Waals surface area contributed by atoms with Crippen LogP contribution in [0.3, 0.4) is 0 Å². The topological polar surface area (TPSA) is 17.1 Å². The molecule has 1 aliphatic carbocycles. The van der Waals surface area contributed by atoms with Crippen molar-refractivity contribution in [3.8, 4) is 0 Å². The summed E-state index contributed by atoms with van der Waals surface area (Å²) >= 11 is 0. The van der Waals surface area contributed by atoms with Gasteiger partial charge in [0.25, 0.3) is 0 Å². The van der Waals surface area contributed by atoms with Crippen LogP contribution in [0.5, 0.6) is 0 Å². The molecule has 0 amide bonds. The Labute approximate surface area is 89.3 Å². The van der Waals surface area contributed by atoms with Gasteiger partial charge in [-0.1, -0.05) is 37.1 Å². The lowest BCUT2D eigenvalue weighted by Gasteiger charge is -2.18. The smallest absolute Gasteiger partial charge is 0.150 e. The first-order valence-electron chi connectivity index (χ1n) is 5.45. The monoisotopic (exact) mass is 206 g/mol.